The fraction of sp³-hybridized carbons (Fsp3) is 0.0312. The number of carbonyl (C=O) groups is 1. The standard InChI is InChI=1S/C32H16BrCl2FN2O5S/c33-18-8-7-17(26(12-18)43-21-4-1-3-19(34)13-21)11-28-31(40)38(20-9-10-25-27(14-20)42-16-41-25)32(44-28)22(15-37)30(39)29-23(35)5-2-6-24(29)36/h1-14H,16H2/b28-11-,32-22-. The Hall–Kier alpha value is -4.40. The van der Waals surface area contributed by atoms with Gasteiger partial charge >= 0.3 is 0 Å². The van der Waals surface area contributed by atoms with Crippen LogP contribution in [0.4, 0.5) is 4.39 Å². The molecule has 12 heteroatoms. The summed E-state index contributed by atoms with van der Waals surface area (Å²) in [5.41, 5.74) is -0.655. The van der Waals surface area contributed by atoms with Gasteiger partial charge in [0.2, 0.25) is 12.6 Å². The number of rotatable bonds is 6. The minimum absolute atomic E-state index is 0.00200. The van der Waals surface area contributed by atoms with Crippen molar-refractivity contribution >= 4 is 67.9 Å². The molecule has 0 spiro atoms. The van der Waals surface area contributed by atoms with Gasteiger partial charge in [0, 0.05) is 21.1 Å². The Morgan fingerprint density at radius 1 is 1.05 bits per heavy atom. The van der Waals surface area contributed by atoms with Crippen molar-refractivity contribution in [3.63, 3.8) is 0 Å². The topological polar surface area (TPSA) is 90.6 Å². The fourth-order valence-corrected chi connectivity index (χ4v) is 6.32. The molecular weight excluding hydrogens is 694 g/mol. The van der Waals surface area contributed by atoms with Crippen LogP contribution in [-0.2, 0) is 0 Å². The predicted octanol–water partition coefficient (Wildman–Crippen LogP) is 7.01. The van der Waals surface area contributed by atoms with Gasteiger partial charge in [-0.1, -0.05) is 57.3 Å². The SMILES string of the molecule is N#C/C(C(=O)c1c(F)cccc1Cl)=c1/s/c(=C\c2ccc(Br)cc2Oc2cccc(Cl)c2)c(=O)n1-c1ccc2c(c1)OCO2. The molecule has 0 atom stereocenters. The van der Waals surface area contributed by atoms with Crippen LogP contribution in [0.5, 0.6) is 23.0 Å². The first kappa shape index (κ1) is 29.7. The number of ketones is 1. The van der Waals surface area contributed by atoms with Crippen molar-refractivity contribution < 1.29 is 23.4 Å². The molecule has 0 saturated carbocycles. The number of hydrogen-bond donors (Lipinski definition) is 0. The molecule has 44 heavy (non-hydrogen) atoms. The minimum Gasteiger partial charge on any atom is -0.457 e. The number of nitrogens with zero attached hydrogens (tertiary/aromatic N) is 2. The molecule has 218 valence electrons. The van der Waals surface area contributed by atoms with E-state index < -0.39 is 28.3 Å². The third-order valence-corrected chi connectivity index (χ3v) is 8.60. The molecule has 2 heterocycles. The Morgan fingerprint density at radius 3 is 2.61 bits per heavy atom. The second kappa shape index (κ2) is 12.3. The molecule has 7 nitrogen and oxygen atoms in total. The van der Waals surface area contributed by atoms with Crippen LogP contribution in [0, 0.1) is 17.1 Å². The van der Waals surface area contributed by atoms with Gasteiger partial charge in [-0.15, -0.1) is 11.3 Å². The van der Waals surface area contributed by atoms with Crippen LogP contribution < -0.4 is 29.0 Å². The summed E-state index contributed by atoms with van der Waals surface area (Å²) in [4.78, 5) is 27.7. The van der Waals surface area contributed by atoms with Gasteiger partial charge in [-0.25, -0.2) is 4.39 Å². The number of aromatic nitrogens is 1. The maximum atomic E-state index is 14.8. The van der Waals surface area contributed by atoms with Crippen LogP contribution in [-0.4, -0.2) is 17.1 Å². The summed E-state index contributed by atoms with van der Waals surface area (Å²) in [5, 5.41) is 10.5. The van der Waals surface area contributed by atoms with E-state index >= 15 is 0 Å². The number of nitriles is 1. The first-order valence-corrected chi connectivity index (χ1v) is 15.1. The van der Waals surface area contributed by atoms with Gasteiger partial charge in [0.15, 0.2) is 11.5 Å². The lowest BCUT2D eigenvalue weighted by molar-refractivity contribution is 0.105. The number of thiazole rings is 1. The second-order valence-corrected chi connectivity index (χ2v) is 12.0. The summed E-state index contributed by atoms with van der Waals surface area (Å²) in [5.74, 6) is -0.127. The van der Waals surface area contributed by atoms with Gasteiger partial charge in [-0.3, -0.25) is 14.2 Å². The smallest absolute Gasteiger partial charge is 0.273 e. The number of ether oxygens (including phenoxy) is 3. The molecule has 5 aromatic rings. The van der Waals surface area contributed by atoms with Gasteiger partial charge in [0.25, 0.3) is 5.56 Å². The van der Waals surface area contributed by atoms with E-state index in [1.54, 1.807) is 66.7 Å². The molecule has 0 fully saturated rings. The number of benzene rings is 4. The lowest BCUT2D eigenvalue weighted by Gasteiger charge is -2.09. The van der Waals surface area contributed by atoms with E-state index in [1.807, 2.05) is 6.07 Å². The van der Waals surface area contributed by atoms with Crippen molar-refractivity contribution in [2.24, 2.45) is 0 Å². The average Bonchev–Trinajstić information content (AvgIpc) is 3.58. The van der Waals surface area contributed by atoms with E-state index in [0.29, 0.717) is 39.3 Å². The third-order valence-electron chi connectivity index (χ3n) is 6.47. The summed E-state index contributed by atoms with van der Waals surface area (Å²) in [7, 11) is 0. The summed E-state index contributed by atoms with van der Waals surface area (Å²) in [6.07, 6.45) is 1.59. The molecule has 0 aliphatic carbocycles. The van der Waals surface area contributed by atoms with Crippen LogP contribution in [0.2, 0.25) is 10.0 Å². The predicted molar refractivity (Wildman–Crippen MR) is 169 cm³/mol. The summed E-state index contributed by atoms with van der Waals surface area (Å²) in [6, 6.07) is 22.5. The molecule has 0 bridgehead atoms. The molecule has 0 N–H and O–H groups in total. The summed E-state index contributed by atoms with van der Waals surface area (Å²) in [6.45, 7) is 0.00200. The van der Waals surface area contributed by atoms with Crippen molar-refractivity contribution in [1.82, 2.24) is 4.57 Å². The fourth-order valence-electron chi connectivity index (χ4n) is 4.46. The normalized spacial score (nSPS) is 13.0. The lowest BCUT2D eigenvalue weighted by Crippen LogP contribution is -2.31. The summed E-state index contributed by atoms with van der Waals surface area (Å²) < 4.78 is 33.8. The summed E-state index contributed by atoms with van der Waals surface area (Å²) >= 11 is 16.6. The first-order valence-electron chi connectivity index (χ1n) is 12.7. The van der Waals surface area contributed by atoms with Crippen LogP contribution in [0.15, 0.2) is 88.1 Å². The van der Waals surface area contributed by atoms with E-state index in [2.05, 4.69) is 15.9 Å². The molecule has 0 amide bonds. The molecule has 1 aliphatic heterocycles. The maximum Gasteiger partial charge on any atom is 0.273 e. The zero-order chi connectivity index (χ0) is 31.0. The third kappa shape index (κ3) is 5.75. The quantitative estimate of drug-likeness (QED) is 0.176. The van der Waals surface area contributed by atoms with Gasteiger partial charge in [0.05, 0.1) is 20.8 Å². The monoisotopic (exact) mass is 708 g/mol. The van der Waals surface area contributed by atoms with E-state index in [9.17, 15) is 19.2 Å². The van der Waals surface area contributed by atoms with Gasteiger partial charge in [0.1, 0.15) is 33.6 Å². The van der Waals surface area contributed by atoms with Crippen molar-refractivity contribution in [3.8, 4) is 34.8 Å². The number of Topliss-reactive ketones (excluding diaryl/α,β-unsaturated/α-hetero) is 1. The van der Waals surface area contributed by atoms with Crippen LogP contribution in [0.1, 0.15) is 15.9 Å². The molecule has 0 unspecified atom stereocenters. The molecule has 1 aliphatic rings. The van der Waals surface area contributed by atoms with Gasteiger partial charge in [-0.05, 0) is 60.7 Å². The van der Waals surface area contributed by atoms with E-state index in [4.69, 9.17) is 37.4 Å². The largest absolute Gasteiger partial charge is 0.457 e. The van der Waals surface area contributed by atoms with Crippen LogP contribution in [0.3, 0.4) is 0 Å². The number of fused-ring (bicyclic) bond motifs is 1. The van der Waals surface area contributed by atoms with E-state index in [0.717, 1.165) is 21.9 Å². The average molecular weight is 710 g/mol. The molecular formula is C32H16BrCl2FN2O5S. The molecule has 0 saturated heterocycles. The molecule has 4 aromatic carbocycles. The minimum atomic E-state index is -0.966. The maximum absolute atomic E-state index is 14.8. The van der Waals surface area contributed by atoms with Gasteiger partial charge < -0.3 is 14.2 Å². The van der Waals surface area contributed by atoms with E-state index in [-0.39, 0.29) is 21.0 Å². The van der Waals surface area contributed by atoms with Crippen LogP contribution >= 0.6 is 50.5 Å². The Kier molecular flexibility index (Phi) is 8.29. The van der Waals surface area contributed by atoms with Crippen molar-refractivity contribution in [2.75, 3.05) is 6.79 Å². The number of carbonyl (C=O) groups excluding carboxylic acids is 1. The van der Waals surface area contributed by atoms with Crippen molar-refractivity contribution in [1.29, 1.82) is 5.26 Å². The van der Waals surface area contributed by atoms with E-state index in [1.165, 1.54) is 16.7 Å². The Morgan fingerprint density at radius 2 is 1.84 bits per heavy atom. The Balaban J connectivity index is 1.61. The highest BCUT2D eigenvalue weighted by Crippen LogP contribution is 2.34. The van der Waals surface area contributed by atoms with Crippen LogP contribution in [0.25, 0.3) is 17.3 Å². The first-order chi connectivity index (χ1) is 21.2. The zero-order valence-corrected chi connectivity index (χ0v) is 26.1. The van der Waals surface area contributed by atoms with Crippen molar-refractivity contribution in [3.05, 3.63) is 130 Å². The van der Waals surface area contributed by atoms with Gasteiger partial charge in [-0.2, -0.15) is 5.26 Å². The Bertz CT molecular complexity index is 2190. The highest BCUT2D eigenvalue weighted by molar-refractivity contribution is 9.10. The molecule has 1 aromatic heterocycles. The highest BCUT2D eigenvalue weighted by atomic mass is 79.9. The highest BCUT2D eigenvalue weighted by Gasteiger charge is 2.24. The Labute approximate surface area is 271 Å². The number of hydrogen-bond acceptors (Lipinski definition) is 7. The second-order valence-electron chi connectivity index (χ2n) is 9.25. The molecule has 6 rings (SSSR count). The zero-order valence-electron chi connectivity index (χ0n) is 22.1. The molecule has 0 radical (unpaired) electrons. The van der Waals surface area contributed by atoms with Crippen molar-refractivity contribution in [2.45, 2.75) is 0 Å². The lowest BCUT2D eigenvalue weighted by atomic mass is 10.0. The number of halogens is 4.